The quantitative estimate of drug-likeness (QED) is 0.286. The fraction of sp³-hybridized carbons (Fsp3) is 0.292. The van der Waals surface area contributed by atoms with Gasteiger partial charge in [-0.25, -0.2) is 9.97 Å². The van der Waals surface area contributed by atoms with Crippen molar-refractivity contribution in [3.63, 3.8) is 0 Å². The molecule has 1 saturated heterocycles. The molecule has 2 aromatic carbocycles. The van der Waals surface area contributed by atoms with Gasteiger partial charge in [0.25, 0.3) is 5.91 Å². The van der Waals surface area contributed by atoms with E-state index < -0.39 is 0 Å². The van der Waals surface area contributed by atoms with E-state index in [1.165, 1.54) is 6.33 Å². The first-order valence-electron chi connectivity index (χ1n) is 11.1. The number of hydrogen-bond donors (Lipinski definition) is 4. The summed E-state index contributed by atoms with van der Waals surface area (Å²) in [5, 5.41) is 9.99. The van der Waals surface area contributed by atoms with E-state index in [1.54, 1.807) is 0 Å². The Morgan fingerprint density at radius 2 is 1.79 bits per heavy atom. The Kier molecular flexibility index (Phi) is 7.79. The van der Waals surface area contributed by atoms with E-state index in [1.807, 2.05) is 54.4 Å². The van der Waals surface area contributed by atoms with Crippen LogP contribution in [0.5, 0.6) is 0 Å². The highest BCUT2D eigenvalue weighted by molar-refractivity contribution is 6.32. The number of benzene rings is 2. The van der Waals surface area contributed by atoms with Crippen molar-refractivity contribution in [3.8, 4) is 11.1 Å². The van der Waals surface area contributed by atoms with Crippen LogP contribution in [0.4, 0.5) is 22.9 Å². The number of nitrogens with two attached hydrogens (primary N) is 1. The molecule has 5 N–H and O–H groups in total. The van der Waals surface area contributed by atoms with Crippen molar-refractivity contribution in [2.45, 2.75) is 0 Å². The summed E-state index contributed by atoms with van der Waals surface area (Å²) < 4.78 is 5.34. The van der Waals surface area contributed by atoms with Gasteiger partial charge in [0, 0.05) is 31.7 Å². The van der Waals surface area contributed by atoms with Crippen LogP contribution in [0.25, 0.3) is 11.1 Å². The Morgan fingerprint density at radius 3 is 2.53 bits per heavy atom. The molecule has 1 aliphatic heterocycles. The normalized spacial score (nSPS) is 13.5. The first-order chi connectivity index (χ1) is 16.6. The Hall–Kier alpha value is -3.40. The summed E-state index contributed by atoms with van der Waals surface area (Å²) in [5.41, 5.74) is 10.7. The van der Waals surface area contributed by atoms with E-state index in [0.717, 1.165) is 35.6 Å². The highest BCUT2D eigenvalue weighted by Crippen LogP contribution is 2.33. The lowest BCUT2D eigenvalue weighted by Crippen LogP contribution is -2.40. The van der Waals surface area contributed by atoms with Gasteiger partial charge >= 0.3 is 0 Å². The van der Waals surface area contributed by atoms with Crippen molar-refractivity contribution in [1.82, 2.24) is 20.2 Å². The van der Waals surface area contributed by atoms with E-state index in [-0.39, 0.29) is 16.7 Å². The molecule has 178 valence electrons. The molecule has 3 aromatic rings. The Morgan fingerprint density at radius 1 is 1.06 bits per heavy atom. The summed E-state index contributed by atoms with van der Waals surface area (Å²) >= 11 is 6.07. The molecular formula is C24H28ClN7O2. The van der Waals surface area contributed by atoms with Crippen LogP contribution in [-0.4, -0.2) is 67.2 Å². The van der Waals surface area contributed by atoms with E-state index >= 15 is 0 Å². The van der Waals surface area contributed by atoms with Crippen molar-refractivity contribution in [1.29, 1.82) is 0 Å². The predicted octanol–water partition coefficient (Wildman–Crippen LogP) is 3.23. The molecule has 4 rings (SSSR count). The van der Waals surface area contributed by atoms with Crippen LogP contribution in [-0.2, 0) is 4.74 Å². The average Bonchev–Trinajstić information content (AvgIpc) is 2.88. The van der Waals surface area contributed by atoms with Gasteiger partial charge in [-0.05, 0) is 42.4 Å². The third kappa shape index (κ3) is 5.56. The summed E-state index contributed by atoms with van der Waals surface area (Å²) in [5.74, 6) is 0.456. The summed E-state index contributed by atoms with van der Waals surface area (Å²) in [6, 6.07) is 13.7. The molecule has 2 heterocycles. The number of likely N-dealkylation sites (N-methyl/N-ethyl adjacent to an activating group) is 1. The Bertz CT molecular complexity index is 1130. The van der Waals surface area contributed by atoms with Crippen LogP contribution in [0.1, 0.15) is 10.4 Å². The van der Waals surface area contributed by atoms with Crippen molar-refractivity contribution in [2.24, 2.45) is 0 Å². The van der Waals surface area contributed by atoms with Gasteiger partial charge in [0.05, 0.1) is 24.6 Å². The maximum atomic E-state index is 12.7. The number of halogens is 1. The molecule has 9 nitrogen and oxygen atoms in total. The number of ether oxygens (including phenoxy) is 1. The number of nitrogens with one attached hydrogen (secondary N) is 3. The van der Waals surface area contributed by atoms with Gasteiger partial charge in [0.2, 0.25) is 0 Å². The number of amides is 1. The molecule has 1 aromatic heterocycles. The molecule has 1 fully saturated rings. The summed E-state index contributed by atoms with van der Waals surface area (Å²) in [6.45, 7) is 3.94. The number of hydrogen-bond acceptors (Lipinski definition) is 8. The van der Waals surface area contributed by atoms with E-state index in [2.05, 4.69) is 25.9 Å². The van der Waals surface area contributed by atoms with E-state index in [4.69, 9.17) is 22.1 Å². The third-order valence-corrected chi connectivity index (χ3v) is 5.86. The fourth-order valence-corrected chi connectivity index (χ4v) is 3.79. The molecule has 1 aliphatic rings. The van der Waals surface area contributed by atoms with Gasteiger partial charge in [-0.3, -0.25) is 4.79 Å². The molecule has 0 saturated carbocycles. The zero-order chi connectivity index (χ0) is 23.9. The minimum atomic E-state index is 0.0254. The number of carbonyl (C=O) groups is 1. The molecule has 0 unspecified atom stereocenters. The highest BCUT2D eigenvalue weighted by atomic mass is 35.5. The summed E-state index contributed by atoms with van der Waals surface area (Å²) in [6.07, 6.45) is 1.36. The van der Waals surface area contributed by atoms with Gasteiger partial charge < -0.3 is 31.3 Å². The summed E-state index contributed by atoms with van der Waals surface area (Å²) in [4.78, 5) is 22.7. The lowest BCUT2D eigenvalue weighted by molar-refractivity contribution is 0.0303. The molecule has 0 atom stereocenters. The largest absolute Gasteiger partial charge is 0.393 e. The summed E-state index contributed by atoms with van der Waals surface area (Å²) in [7, 11) is 1.90. The molecule has 0 radical (unpaired) electrons. The lowest BCUT2D eigenvalue weighted by Gasteiger charge is -2.26. The van der Waals surface area contributed by atoms with Crippen molar-refractivity contribution >= 4 is 40.4 Å². The minimum Gasteiger partial charge on any atom is -0.393 e. The zero-order valence-electron chi connectivity index (χ0n) is 19.0. The topological polar surface area (TPSA) is 117 Å². The fourth-order valence-electron chi connectivity index (χ4n) is 3.66. The first-order valence-corrected chi connectivity index (χ1v) is 11.5. The second-order valence-electron chi connectivity index (χ2n) is 7.82. The molecule has 0 aliphatic carbocycles. The lowest BCUT2D eigenvalue weighted by atomic mass is 10.0. The monoisotopic (exact) mass is 481 g/mol. The molecule has 0 spiro atoms. The zero-order valence-corrected chi connectivity index (χ0v) is 19.7. The number of anilines is 4. The number of nitrogens with zero attached hydrogens (tertiary/aromatic N) is 3. The Labute approximate surface area is 203 Å². The number of aromatic nitrogens is 2. The molecule has 1 amide bonds. The SMILES string of the molecule is CNCCNc1ccc(-c2ccc(C(=O)N3CCOCC3)cc2)cc1Nc1ncnc(Cl)c1N. The predicted molar refractivity (Wildman–Crippen MR) is 136 cm³/mol. The van der Waals surface area contributed by atoms with Crippen LogP contribution >= 0.6 is 11.6 Å². The molecule has 10 heteroatoms. The van der Waals surface area contributed by atoms with E-state index in [0.29, 0.717) is 37.7 Å². The van der Waals surface area contributed by atoms with Crippen molar-refractivity contribution in [2.75, 3.05) is 62.8 Å². The van der Waals surface area contributed by atoms with Gasteiger partial charge in [-0.1, -0.05) is 29.8 Å². The first kappa shape index (κ1) is 23.7. The van der Waals surface area contributed by atoms with Crippen molar-refractivity contribution in [3.05, 3.63) is 59.5 Å². The van der Waals surface area contributed by atoms with Crippen LogP contribution in [0, 0.1) is 0 Å². The average molecular weight is 482 g/mol. The van der Waals surface area contributed by atoms with Gasteiger partial charge in [-0.15, -0.1) is 0 Å². The van der Waals surface area contributed by atoms with E-state index in [9.17, 15) is 4.79 Å². The second-order valence-corrected chi connectivity index (χ2v) is 8.18. The standard InChI is InChI=1S/C24H28ClN7O2/c1-27-8-9-28-19-7-6-18(14-20(19)31-23-21(26)22(25)29-15-30-23)16-2-4-17(5-3-16)24(33)32-10-12-34-13-11-32/h2-7,14-15,27-28H,8-13,26H2,1H3,(H,29,30,31). The Balaban J connectivity index is 1.59. The second kappa shape index (κ2) is 11.1. The molecular weight excluding hydrogens is 454 g/mol. The number of carbonyl (C=O) groups excluding carboxylic acids is 1. The van der Waals surface area contributed by atoms with Crippen LogP contribution < -0.4 is 21.7 Å². The number of morpholine rings is 1. The maximum absolute atomic E-state index is 12.7. The van der Waals surface area contributed by atoms with Crippen LogP contribution in [0.15, 0.2) is 48.8 Å². The minimum absolute atomic E-state index is 0.0254. The smallest absolute Gasteiger partial charge is 0.254 e. The number of nitrogen functional groups attached to an aromatic ring is 1. The van der Waals surface area contributed by atoms with Crippen LogP contribution in [0.2, 0.25) is 5.15 Å². The highest BCUT2D eigenvalue weighted by Gasteiger charge is 2.18. The van der Waals surface area contributed by atoms with Gasteiger partial charge in [-0.2, -0.15) is 0 Å². The molecule has 34 heavy (non-hydrogen) atoms. The maximum Gasteiger partial charge on any atom is 0.254 e. The third-order valence-electron chi connectivity index (χ3n) is 5.56. The van der Waals surface area contributed by atoms with Gasteiger partial charge in [0.15, 0.2) is 11.0 Å². The molecule has 0 bridgehead atoms. The number of rotatable bonds is 8. The van der Waals surface area contributed by atoms with Gasteiger partial charge in [0.1, 0.15) is 12.0 Å². The van der Waals surface area contributed by atoms with Crippen molar-refractivity contribution < 1.29 is 9.53 Å². The van der Waals surface area contributed by atoms with Crippen LogP contribution in [0.3, 0.4) is 0 Å².